The second-order valence-corrected chi connectivity index (χ2v) is 5.76. The Balaban J connectivity index is 3.17. The van der Waals surface area contributed by atoms with E-state index in [1.807, 2.05) is 19.9 Å². The number of pyridine rings is 1. The summed E-state index contributed by atoms with van der Waals surface area (Å²) in [5.74, 6) is 3.70. The van der Waals surface area contributed by atoms with Crippen LogP contribution in [0.1, 0.15) is 13.8 Å². The molecule has 66 valence electrons. The highest BCUT2D eigenvalue weighted by Crippen LogP contribution is 2.11. The first kappa shape index (κ1) is 9.26. The molecule has 0 aromatic carbocycles. The van der Waals surface area contributed by atoms with Crippen molar-refractivity contribution in [3.63, 3.8) is 0 Å². The predicted molar refractivity (Wildman–Crippen MR) is 52.9 cm³/mol. The van der Waals surface area contributed by atoms with Gasteiger partial charge in [0.2, 0.25) is 0 Å². The van der Waals surface area contributed by atoms with E-state index in [9.17, 15) is 4.21 Å². The van der Waals surface area contributed by atoms with Crippen LogP contribution in [0.4, 0.5) is 0 Å². The van der Waals surface area contributed by atoms with E-state index in [1.165, 1.54) is 0 Å². The van der Waals surface area contributed by atoms with E-state index >= 15 is 0 Å². The van der Waals surface area contributed by atoms with Gasteiger partial charge in [0, 0.05) is 21.0 Å². The molecular weight excluding hydrogens is 170 g/mol. The molecule has 0 amide bonds. The van der Waals surface area contributed by atoms with Gasteiger partial charge in [-0.05, 0) is 18.0 Å². The quantitative estimate of drug-likeness (QED) is 0.651. The maximum absolute atomic E-state index is 11.9. The smallest absolute Gasteiger partial charge is 0.119 e. The zero-order valence-corrected chi connectivity index (χ0v) is 8.17. The van der Waals surface area contributed by atoms with Gasteiger partial charge in [-0.1, -0.05) is 19.9 Å². The Hall–Kier alpha value is -0.830. The summed E-state index contributed by atoms with van der Waals surface area (Å²) in [6.45, 7) is 3.79. The molecule has 0 aliphatic rings. The van der Waals surface area contributed by atoms with Gasteiger partial charge >= 0.3 is 0 Å². The first-order valence-electron chi connectivity index (χ1n) is 3.82. The van der Waals surface area contributed by atoms with Crippen LogP contribution in [0.25, 0.3) is 0 Å². The van der Waals surface area contributed by atoms with Gasteiger partial charge in [-0.15, -0.1) is 0 Å². The molecule has 1 rings (SSSR count). The van der Waals surface area contributed by atoms with Crippen molar-refractivity contribution < 1.29 is 4.21 Å². The summed E-state index contributed by atoms with van der Waals surface area (Å²) in [5.41, 5.74) is 0. The van der Waals surface area contributed by atoms with Gasteiger partial charge in [-0.2, -0.15) is 0 Å². The van der Waals surface area contributed by atoms with E-state index in [0.29, 0.717) is 5.03 Å². The summed E-state index contributed by atoms with van der Waals surface area (Å²) >= 11 is 0. The van der Waals surface area contributed by atoms with Crippen molar-refractivity contribution in [2.45, 2.75) is 24.1 Å². The molecule has 1 aromatic rings. The molecule has 0 aliphatic carbocycles. The van der Waals surface area contributed by atoms with Crippen LogP contribution in [0.3, 0.4) is 0 Å². The summed E-state index contributed by atoms with van der Waals surface area (Å²) in [6.07, 6.45) is 1.64. The number of aromatic nitrogens is 1. The monoisotopic (exact) mass is 183 g/mol. The topological polar surface area (TPSA) is 30.0 Å². The van der Waals surface area contributed by atoms with Crippen molar-refractivity contribution in [3.05, 3.63) is 24.4 Å². The van der Waals surface area contributed by atoms with Crippen LogP contribution in [0.15, 0.2) is 29.4 Å². The van der Waals surface area contributed by atoms with Crippen molar-refractivity contribution in [2.24, 2.45) is 0 Å². The van der Waals surface area contributed by atoms with Crippen molar-refractivity contribution in [1.82, 2.24) is 4.98 Å². The van der Waals surface area contributed by atoms with Crippen molar-refractivity contribution in [2.75, 3.05) is 0 Å². The number of rotatable bonds is 2. The fraction of sp³-hybridized carbons (Fsp3) is 0.333. The fourth-order valence-corrected chi connectivity index (χ4v) is 1.82. The third-order valence-corrected chi connectivity index (χ3v) is 4.23. The van der Waals surface area contributed by atoms with Crippen LogP contribution in [0.2, 0.25) is 0 Å². The Labute approximate surface area is 73.7 Å². The molecular formula is C9H13NOS. The minimum Gasteiger partial charge on any atom is -0.261 e. The minimum atomic E-state index is -2.19. The minimum absolute atomic E-state index is 0.0346. The molecule has 0 N–H and O–H groups in total. The molecule has 1 atom stereocenters. The highest BCUT2D eigenvalue weighted by atomic mass is 32.2. The fourth-order valence-electron chi connectivity index (χ4n) is 0.793. The Bertz CT molecular complexity index is 340. The zero-order valence-electron chi connectivity index (χ0n) is 7.36. The molecule has 0 fully saturated rings. The van der Waals surface area contributed by atoms with Gasteiger partial charge in [0.25, 0.3) is 0 Å². The molecule has 1 unspecified atom stereocenters. The molecule has 3 heteroatoms. The number of hydrogen-bond acceptors (Lipinski definition) is 2. The molecule has 0 saturated heterocycles. The summed E-state index contributed by atoms with van der Waals surface area (Å²) in [6, 6.07) is 5.39. The third-order valence-electron chi connectivity index (χ3n) is 1.75. The van der Waals surface area contributed by atoms with Crippen LogP contribution < -0.4 is 0 Å². The highest BCUT2D eigenvalue weighted by Gasteiger charge is 2.12. The van der Waals surface area contributed by atoms with Gasteiger partial charge in [0.05, 0.1) is 0 Å². The molecule has 0 aliphatic heterocycles. The summed E-state index contributed by atoms with van der Waals surface area (Å²) in [4.78, 5) is 4.03. The summed E-state index contributed by atoms with van der Waals surface area (Å²) < 4.78 is 11.9. The van der Waals surface area contributed by atoms with Crippen molar-refractivity contribution >= 4 is 15.4 Å². The molecule has 0 radical (unpaired) electrons. The van der Waals surface area contributed by atoms with E-state index in [2.05, 4.69) is 10.9 Å². The molecule has 1 aromatic heterocycles. The molecule has 0 bridgehead atoms. The molecule has 0 spiro atoms. The highest BCUT2D eigenvalue weighted by molar-refractivity contribution is 8.00. The van der Waals surface area contributed by atoms with E-state index in [0.717, 1.165) is 0 Å². The first-order chi connectivity index (χ1) is 5.55. The van der Waals surface area contributed by atoms with Crippen LogP contribution >= 0.6 is 0 Å². The molecule has 2 nitrogen and oxygen atoms in total. The molecule has 12 heavy (non-hydrogen) atoms. The van der Waals surface area contributed by atoms with Crippen molar-refractivity contribution in [3.8, 4) is 0 Å². The maximum Gasteiger partial charge on any atom is 0.119 e. The van der Waals surface area contributed by atoms with Gasteiger partial charge < -0.3 is 0 Å². The number of nitrogens with zero attached hydrogens (tertiary/aromatic N) is 1. The summed E-state index contributed by atoms with van der Waals surface area (Å²) in [7, 11) is -2.19. The summed E-state index contributed by atoms with van der Waals surface area (Å²) in [5, 5.41) is 0.632. The van der Waals surface area contributed by atoms with Gasteiger partial charge in [-0.3, -0.25) is 4.21 Å². The average molecular weight is 183 g/mol. The van der Waals surface area contributed by atoms with Gasteiger partial charge in [-0.25, -0.2) is 4.98 Å². The lowest BCUT2D eigenvalue weighted by molar-refractivity contribution is 0.671. The zero-order chi connectivity index (χ0) is 9.19. The Morgan fingerprint density at radius 2 is 2.17 bits per heavy atom. The number of hydrogen-bond donors (Lipinski definition) is 0. The SMILES string of the molecule is C=S(=O)(c1ccccn1)C(C)C. The van der Waals surface area contributed by atoms with Gasteiger partial charge in [0.1, 0.15) is 5.03 Å². The standard InChI is InChI=1S/C9H13NOS/c1-8(2)12(3,11)9-6-4-5-7-10-9/h4-8H,3H2,1-2H3. The second kappa shape index (κ2) is 3.27. The lowest BCUT2D eigenvalue weighted by Gasteiger charge is -2.11. The normalized spacial score (nSPS) is 15.9. The Kier molecular flexibility index (Phi) is 2.52. The van der Waals surface area contributed by atoms with Crippen molar-refractivity contribution in [1.29, 1.82) is 0 Å². The van der Waals surface area contributed by atoms with Gasteiger partial charge in [0.15, 0.2) is 0 Å². The van der Waals surface area contributed by atoms with E-state index in [-0.39, 0.29) is 5.25 Å². The first-order valence-corrected chi connectivity index (χ1v) is 5.61. The van der Waals surface area contributed by atoms with E-state index in [4.69, 9.17) is 0 Å². The average Bonchev–Trinajstić information content (AvgIpc) is 2.06. The largest absolute Gasteiger partial charge is 0.261 e. The second-order valence-electron chi connectivity index (χ2n) is 2.94. The van der Waals surface area contributed by atoms with Crippen LogP contribution in [-0.4, -0.2) is 20.3 Å². The Morgan fingerprint density at radius 3 is 2.58 bits per heavy atom. The van der Waals surface area contributed by atoms with E-state index < -0.39 is 9.52 Å². The lowest BCUT2D eigenvalue weighted by atomic mass is 10.5. The van der Waals surface area contributed by atoms with Crippen LogP contribution in [-0.2, 0) is 9.52 Å². The predicted octanol–water partition coefficient (Wildman–Crippen LogP) is 1.57. The molecule has 0 saturated carbocycles. The van der Waals surface area contributed by atoms with Crippen LogP contribution in [0, 0.1) is 0 Å². The Morgan fingerprint density at radius 1 is 1.50 bits per heavy atom. The third kappa shape index (κ3) is 1.67. The molecule has 1 heterocycles. The maximum atomic E-state index is 11.9. The van der Waals surface area contributed by atoms with Crippen LogP contribution in [0.5, 0.6) is 0 Å². The lowest BCUT2D eigenvalue weighted by Crippen LogP contribution is -2.14. The van der Waals surface area contributed by atoms with E-state index in [1.54, 1.807) is 18.3 Å².